The molecule has 1 unspecified atom stereocenters. The maximum absolute atomic E-state index is 6.10. The molecular weight excluding hydrogens is 242 g/mol. The predicted molar refractivity (Wildman–Crippen MR) is 62.1 cm³/mol. The highest BCUT2D eigenvalue weighted by atomic mass is 79.9. The van der Waals surface area contributed by atoms with Crippen molar-refractivity contribution in [2.24, 2.45) is 5.73 Å². The monoisotopic (exact) mass is 259 g/mol. The zero-order valence-electron chi connectivity index (χ0n) is 9.00. The molecule has 1 rings (SSSR count). The van der Waals surface area contributed by atoms with Gasteiger partial charge in [-0.3, -0.25) is 4.68 Å². The van der Waals surface area contributed by atoms with Crippen LogP contribution >= 0.6 is 15.9 Å². The van der Waals surface area contributed by atoms with Gasteiger partial charge in [-0.15, -0.1) is 0 Å². The van der Waals surface area contributed by atoms with Crippen molar-refractivity contribution in [1.82, 2.24) is 9.78 Å². The second kappa shape index (κ2) is 4.94. The van der Waals surface area contributed by atoms with Gasteiger partial charge in [0.1, 0.15) is 0 Å². The van der Waals surface area contributed by atoms with E-state index in [2.05, 4.69) is 41.8 Å². The fraction of sp³-hybridized carbons (Fsp3) is 0.700. The van der Waals surface area contributed by atoms with Crippen LogP contribution in [0.4, 0.5) is 0 Å². The van der Waals surface area contributed by atoms with E-state index in [1.807, 2.05) is 10.9 Å². The van der Waals surface area contributed by atoms with Gasteiger partial charge in [0.05, 0.1) is 16.4 Å². The van der Waals surface area contributed by atoms with E-state index in [4.69, 9.17) is 5.73 Å². The van der Waals surface area contributed by atoms with Crippen LogP contribution in [0.25, 0.3) is 0 Å². The number of nitrogens with zero attached hydrogens (tertiary/aromatic N) is 2. The lowest BCUT2D eigenvalue weighted by Gasteiger charge is -2.16. The zero-order valence-corrected chi connectivity index (χ0v) is 10.6. The van der Waals surface area contributed by atoms with Crippen molar-refractivity contribution in [3.05, 3.63) is 16.4 Å². The molecule has 1 heterocycles. The number of nitrogens with two attached hydrogens (primary N) is 1. The van der Waals surface area contributed by atoms with Crippen LogP contribution in [0.15, 0.2) is 10.7 Å². The van der Waals surface area contributed by atoms with Crippen LogP contribution in [0.3, 0.4) is 0 Å². The Balaban J connectivity index is 2.98. The topological polar surface area (TPSA) is 43.8 Å². The predicted octanol–water partition coefficient (Wildman–Crippen LogP) is 3.03. The van der Waals surface area contributed by atoms with Gasteiger partial charge in [-0.05, 0) is 36.2 Å². The van der Waals surface area contributed by atoms with Gasteiger partial charge in [-0.25, -0.2) is 0 Å². The summed E-state index contributed by atoms with van der Waals surface area (Å²) in [7, 11) is 0. The molecule has 1 aromatic rings. The van der Waals surface area contributed by atoms with Gasteiger partial charge in [0.25, 0.3) is 0 Å². The first-order chi connectivity index (χ1) is 6.57. The van der Waals surface area contributed by atoms with E-state index in [0.29, 0.717) is 6.04 Å². The van der Waals surface area contributed by atoms with Crippen molar-refractivity contribution >= 4 is 15.9 Å². The number of aromatic nitrogens is 2. The van der Waals surface area contributed by atoms with Crippen LogP contribution in [-0.2, 0) is 0 Å². The highest BCUT2D eigenvalue weighted by Gasteiger charge is 2.17. The Morgan fingerprint density at radius 3 is 2.71 bits per heavy atom. The fourth-order valence-corrected chi connectivity index (χ4v) is 2.12. The molecule has 1 aromatic heterocycles. The van der Waals surface area contributed by atoms with Gasteiger partial charge in [-0.2, -0.15) is 5.10 Å². The van der Waals surface area contributed by atoms with Crippen LogP contribution < -0.4 is 5.73 Å². The second-order valence-electron chi connectivity index (χ2n) is 3.81. The molecule has 0 bridgehead atoms. The van der Waals surface area contributed by atoms with Crippen LogP contribution in [-0.4, -0.2) is 9.78 Å². The minimum atomic E-state index is 0.0827. The maximum Gasteiger partial charge on any atom is 0.0696 e. The zero-order chi connectivity index (χ0) is 10.7. The van der Waals surface area contributed by atoms with Crippen LogP contribution in [0.5, 0.6) is 0 Å². The summed E-state index contributed by atoms with van der Waals surface area (Å²) in [6.45, 7) is 6.37. The molecule has 0 aliphatic rings. The molecule has 2 N–H and O–H groups in total. The van der Waals surface area contributed by atoms with Crippen molar-refractivity contribution in [2.75, 3.05) is 0 Å². The first-order valence-electron chi connectivity index (χ1n) is 5.06. The molecular formula is C10H18BrN3. The summed E-state index contributed by atoms with van der Waals surface area (Å²) in [5.41, 5.74) is 7.21. The number of hydrogen-bond acceptors (Lipinski definition) is 2. The van der Waals surface area contributed by atoms with Gasteiger partial charge in [0.2, 0.25) is 0 Å². The number of rotatable bonds is 4. The Bertz CT molecular complexity index is 294. The lowest BCUT2D eigenvalue weighted by Crippen LogP contribution is -2.17. The lowest BCUT2D eigenvalue weighted by molar-refractivity contribution is 0.474. The molecule has 0 radical (unpaired) electrons. The first kappa shape index (κ1) is 11.7. The van der Waals surface area contributed by atoms with Gasteiger partial charge in [0.15, 0.2) is 0 Å². The largest absolute Gasteiger partial charge is 0.323 e. The molecule has 3 nitrogen and oxygen atoms in total. The quantitative estimate of drug-likeness (QED) is 0.904. The van der Waals surface area contributed by atoms with E-state index in [-0.39, 0.29) is 6.04 Å². The Hall–Kier alpha value is -0.350. The van der Waals surface area contributed by atoms with E-state index in [1.165, 1.54) is 0 Å². The fourth-order valence-electron chi connectivity index (χ4n) is 1.56. The maximum atomic E-state index is 6.10. The summed E-state index contributed by atoms with van der Waals surface area (Å²) < 4.78 is 3.01. The molecule has 0 aromatic carbocycles. The van der Waals surface area contributed by atoms with Gasteiger partial charge >= 0.3 is 0 Å². The molecule has 0 amide bonds. The summed E-state index contributed by atoms with van der Waals surface area (Å²) in [6, 6.07) is 0.443. The minimum absolute atomic E-state index is 0.0827. The normalized spacial score (nSPS) is 13.6. The van der Waals surface area contributed by atoms with Gasteiger partial charge < -0.3 is 5.73 Å². The third-order valence-corrected chi connectivity index (χ3v) is 2.84. The molecule has 0 aliphatic heterocycles. The summed E-state index contributed by atoms with van der Waals surface area (Å²) in [5, 5.41) is 4.31. The Morgan fingerprint density at radius 1 is 1.57 bits per heavy atom. The van der Waals surface area contributed by atoms with E-state index < -0.39 is 0 Å². The van der Waals surface area contributed by atoms with E-state index >= 15 is 0 Å². The molecule has 4 heteroatoms. The molecule has 80 valence electrons. The van der Waals surface area contributed by atoms with Crippen molar-refractivity contribution in [1.29, 1.82) is 0 Å². The van der Waals surface area contributed by atoms with E-state index in [9.17, 15) is 0 Å². The number of halogens is 1. The van der Waals surface area contributed by atoms with Crippen LogP contribution in [0, 0.1) is 0 Å². The number of hydrogen-bond donors (Lipinski definition) is 1. The van der Waals surface area contributed by atoms with Gasteiger partial charge in [0, 0.05) is 12.1 Å². The molecule has 0 fully saturated rings. The third-order valence-electron chi connectivity index (χ3n) is 2.23. The molecule has 0 aliphatic carbocycles. The summed E-state index contributed by atoms with van der Waals surface area (Å²) in [4.78, 5) is 0. The Morgan fingerprint density at radius 2 is 2.21 bits per heavy atom. The van der Waals surface area contributed by atoms with E-state index in [0.717, 1.165) is 23.0 Å². The Labute approximate surface area is 93.8 Å². The summed E-state index contributed by atoms with van der Waals surface area (Å²) >= 11 is 3.49. The molecule has 1 atom stereocenters. The Kier molecular flexibility index (Phi) is 4.13. The van der Waals surface area contributed by atoms with Crippen LogP contribution in [0.1, 0.15) is 51.4 Å². The molecule has 0 spiro atoms. The summed E-state index contributed by atoms with van der Waals surface area (Å²) in [5.74, 6) is 0. The second-order valence-corrected chi connectivity index (χ2v) is 4.67. The summed E-state index contributed by atoms with van der Waals surface area (Å²) in [6.07, 6.45) is 3.92. The molecule has 0 saturated carbocycles. The van der Waals surface area contributed by atoms with Gasteiger partial charge in [-0.1, -0.05) is 13.3 Å². The highest BCUT2D eigenvalue weighted by molar-refractivity contribution is 9.10. The molecule has 0 saturated heterocycles. The van der Waals surface area contributed by atoms with E-state index in [1.54, 1.807) is 0 Å². The average Bonchev–Trinajstić information content (AvgIpc) is 2.47. The standard InChI is InChI=1S/C10H18BrN3/c1-4-5-9(12)10-8(11)6-13-14(10)7(2)3/h6-7,9H,4-5,12H2,1-3H3. The van der Waals surface area contributed by atoms with Crippen molar-refractivity contribution in [2.45, 2.75) is 45.7 Å². The first-order valence-corrected chi connectivity index (χ1v) is 5.85. The van der Waals surface area contributed by atoms with Crippen molar-refractivity contribution < 1.29 is 0 Å². The average molecular weight is 260 g/mol. The highest BCUT2D eigenvalue weighted by Crippen LogP contribution is 2.26. The SMILES string of the molecule is CCCC(N)c1c(Br)cnn1C(C)C. The smallest absolute Gasteiger partial charge is 0.0696 e. The lowest BCUT2D eigenvalue weighted by atomic mass is 10.1. The minimum Gasteiger partial charge on any atom is -0.323 e. The van der Waals surface area contributed by atoms with Crippen LogP contribution in [0.2, 0.25) is 0 Å². The van der Waals surface area contributed by atoms with Crippen molar-refractivity contribution in [3.8, 4) is 0 Å². The van der Waals surface area contributed by atoms with Crippen molar-refractivity contribution in [3.63, 3.8) is 0 Å². The third kappa shape index (κ3) is 2.36. The molecule has 14 heavy (non-hydrogen) atoms.